The summed E-state index contributed by atoms with van der Waals surface area (Å²) in [6, 6.07) is 1.94. The molecule has 0 radical (unpaired) electrons. The third kappa shape index (κ3) is 5.74. The van der Waals surface area contributed by atoms with Crippen LogP contribution in [0.3, 0.4) is 0 Å². The number of aryl methyl sites for hydroxylation is 1. The molecule has 1 rings (SSSR count). The molecule has 0 unspecified atom stereocenters. The van der Waals surface area contributed by atoms with Crippen LogP contribution in [0, 0.1) is 0 Å². The van der Waals surface area contributed by atoms with E-state index in [1.54, 1.807) is 0 Å². The van der Waals surface area contributed by atoms with Gasteiger partial charge in [0.1, 0.15) is 17.5 Å². The summed E-state index contributed by atoms with van der Waals surface area (Å²) in [7, 11) is 0. The lowest BCUT2D eigenvalue weighted by Crippen LogP contribution is -2.32. The van der Waals surface area contributed by atoms with E-state index >= 15 is 0 Å². The standard InChI is InChI=1S/C15H28N4O/c1-5-7-12-17-13(16-9-6-2)11-14(18-12)19-15(3,4)8-10-20/h11,20H,5-10H2,1-4H3,(H2,16,17,18,19). The molecule has 0 aliphatic carbocycles. The van der Waals surface area contributed by atoms with Crippen molar-refractivity contribution in [3.63, 3.8) is 0 Å². The number of nitrogens with zero attached hydrogens (tertiary/aromatic N) is 2. The molecule has 1 aromatic heterocycles. The molecule has 0 aliphatic rings. The number of hydrogen-bond acceptors (Lipinski definition) is 5. The largest absolute Gasteiger partial charge is 0.396 e. The number of aliphatic hydroxyl groups is 1. The van der Waals surface area contributed by atoms with Gasteiger partial charge >= 0.3 is 0 Å². The third-order valence-electron chi connectivity index (χ3n) is 3.01. The second-order valence-corrected chi connectivity index (χ2v) is 5.71. The van der Waals surface area contributed by atoms with Crippen molar-refractivity contribution in [2.24, 2.45) is 0 Å². The summed E-state index contributed by atoms with van der Waals surface area (Å²) in [5.74, 6) is 2.55. The predicted molar refractivity (Wildman–Crippen MR) is 84.2 cm³/mol. The fraction of sp³-hybridized carbons (Fsp3) is 0.733. The Labute approximate surface area is 122 Å². The lowest BCUT2D eigenvalue weighted by molar-refractivity contribution is 0.260. The number of aliphatic hydroxyl groups excluding tert-OH is 1. The van der Waals surface area contributed by atoms with E-state index in [0.717, 1.165) is 43.3 Å². The first-order valence-corrected chi connectivity index (χ1v) is 7.51. The van der Waals surface area contributed by atoms with Gasteiger partial charge in [0, 0.05) is 31.2 Å². The first-order valence-electron chi connectivity index (χ1n) is 7.51. The van der Waals surface area contributed by atoms with Crippen LogP contribution in [0.1, 0.15) is 52.8 Å². The zero-order chi connectivity index (χ0) is 15.0. The quantitative estimate of drug-likeness (QED) is 0.649. The van der Waals surface area contributed by atoms with E-state index in [4.69, 9.17) is 5.11 Å². The number of nitrogens with one attached hydrogen (secondary N) is 2. The molecule has 5 heteroatoms. The highest BCUT2D eigenvalue weighted by atomic mass is 16.3. The minimum Gasteiger partial charge on any atom is -0.396 e. The summed E-state index contributed by atoms with van der Waals surface area (Å²) >= 11 is 0. The molecule has 0 aliphatic heterocycles. The van der Waals surface area contributed by atoms with Crippen LogP contribution in [0.5, 0.6) is 0 Å². The molecule has 0 atom stereocenters. The number of aromatic nitrogens is 2. The Morgan fingerprint density at radius 2 is 1.85 bits per heavy atom. The molecule has 0 spiro atoms. The van der Waals surface area contributed by atoms with Crippen molar-refractivity contribution < 1.29 is 5.11 Å². The van der Waals surface area contributed by atoms with Crippen LogP contribution in [0.4, 0.5) is 11.6 Å². The molecule has 1 heterocycles. The Bertz CT molecular complexity index is 407. The molecule has 0 bridgehead atoms. The molecule has 20 heavy (non-hydrogen) atoms. The topological polar surface area (TPSA) is 70.1 Å². The van der Waals surface area contributed by atoms with Gasteiger partial charge in [0.2, 0.25) is 0 Å². The fourth-order valence-corrected chi connectivity index (χ4v) is 1.93. The van der Waals surface area contributed by atoms with Crippen molar-refractivity contribution in [3.05, 3.63) is 11.9 Å². The molecule has 5 nitrogen and oxygen atoms in total. The van der Waals surface area contributed by atoms with E-state index in [9.17, 15) is 0 Å². The van der Waals surface area contributed by atoms with E-state index in [1.165, 1.54) is 0 Å². The van der Waals surface area contributed by atoms with Crippen molar-refractivity contribution in [1.82, 2.24) is 9.97 Å². The SMILES string of the molecule is CCCNc1cc(NC(C)(C)CCO)nc(CCC)n1. The van der Waals surface area contributed by atoms with Gasteiger partial charge in [-0.15, -0.1) is 0 Å². The highest BCUT2D eigenvalue weighted by molar-refractivity contribution is 5.48. The smallest absolute Gasteiger partial charge is 0.133 e. The van der Waals surface area contributed by atoms with Crippen LogP contribution in [0.15, 0.2) is 6.07 Å². The summed E-state index contributed by atoms with van der Waals surface area (Å²) < 4.78 is 0. The van der Waals surface area contributed by atoms with Crippen LogP contribution in [-0.2, 0) is 6.42 Å². The van der Waals surface area contributed by atoms with E-state index in [2.05, 4.69) is 48.3 Å². The molecule has 0 aromatic carbocycles. The average molecular weight is 280 g/mol. The Morgan fingerprint density at radius 3 is 2.45 bits per heavy atom. The molecular weight excluding hydrogens is 252 g/mol. The summed E-state index contributed by atoms with van der Waals surface area (Å²) in [5, 5.41) is 15.8. The second-order valence-electron chi connectivity index (χ2n) is 5.71. The van der Waals surface area contributed by atoms with Crippen LogP contribution in [0.25, 0.3) is 0 Å². The van der Waals surface area contributed by atoms with Gasteiger partial charge in [-0.25, -0.2) is 9.97 Å². The first kappa shape index (κ1) is 16.7. The van der Waals surface area contributed by atoms with Crippen molar-refractivity contribution in [1.29, 1.82) is 0 Å². The summed E-state index contributed by atoms with van der Waals surface area (Å²) in [4.78, 5) is 9.08. The average Bonchev–Trinajstić information content (AvgIpc) is 2.35. The van der Waals surface area contributed by atoms with Gasteiger partial charge in [-0.2, -0.15) is 0 Å². The second kappa shape index (κ2) is 8.04. The zero-order valence-corrected chi connectivity index (χ0v) is 13.2. The predicted octanol–water partition coefficient (Wildman–Crippen LogP) is 2.82. The van der Waals surface area contributed by atoms with Gasteiger partial charge in [-0.05, 0) is 33.1 Å². The van der Waals surface area contributed by atoms with Gasteiger partial charge in [-0.1, -0.05) is 13.8 Å². The summed E-state index contributed by atoms with van der Waals surface area (Å²) in [5.41, 5.74) is -0.186. The molecular formula is C15H28N4O. The van der Waals surface area contributed by atoms with Crippen molar-refractivity contribution >= 4 is 11.6 Å². The van der Waals surface area contributed by atoms with Crippen LogP contribution in [0.2, 0.25) is 0 Å². The van der Waals surface area contributed by atoms with Gasteiger partial charge in [-0.3, -0.25) is 0 Å². The normalized spacial score (nSPS) is 11.4. The molecule has 0 saturated carbocycles. The summed E-state index contributed by atoms with van der Waals surface area (Å²) in [6.07, 6.45) is 3.64. The molecule has 0 fully saturated rings. The van der Waals surface area contributed by atoms with E-state index in [1.807, 2.05) is 6.07 Å². The minimum atomic E-state index is -0.186. The molecule has 3 N–H and O–H groups in total. The number of hydrogen-bond donors (Lipinski definition) is 3. The molecule has 0 amide bonds. The fourth-order valence-electron chi connectivity index (χ4n) is 1.93. The van der Waals surface area contributed by atoms with Gasteiger partial charge in [0.15, 0.2) is 0 Å². The number of anilines is 2. The lowest BCUT2D eigenvalue weighted by Gasteiger charge is -2.26. The third-order valence-corrected chi connectivity index (χ3v) is 3.01. The Kier molecular flexibility index (Phi) is 6.71. The van der Waals surface area contributed by atoms with Crippen LogP contribution in [-0.4, -0.2) is 33.8 Å². The molecule has 1 aromatic rings. The zero-order valence-electron chi connectivity index (χ0n) is 13.2. The first-order chi connectivity index (χ1) is 9.50. The van der Waals surface area contributed by atoms with Crippen molar-refractivity contribution in [2.45, 2.75) is 58.9 Å². The molecule has 0 saturated heterocycles. The highest BCUT2D eigenvalue weighted by Gasteiger charge is 2.18. The highest BCUT2D eigenvalue weighted by Crippen LogP contribution is 2.19. The van der Waals surface area contributed by atoms with Crippen molar-refractivity contribution in [2.75, 3.05) is 23.8 Å². The maximum atomic E-state index is 9.10. The van der Waals surface area contributed by atoms with Gasteiger partial charge < -0.3 is 15.7 Å². The van der Waals surface area contributed by atoms with E-state index in [-0.39, 0.29) is 12.1 Å². The maximum absolute atomic E-state index is 9.10. The Morgan fingerprint density at radius 1 is 1.15 bits per heavy atom. The minimum absolute atomic E-state index is 0.161. The lowest BCUT2D eigenvalue weighted by atomic mass is 10.0. The maximum Gasteiger partial charge on any atom is 0.133 e. The Balaban J connectivity index is 2.89. The van der Waals surface area contributed by atoms with E-state index in [0.29, 0.717) is 6.42 Å². The van der Waals surface area contributed by atoms with Crippen LogP contribution < -0.4 is 10.6 Å². The number of rotatable bonds is 9. The van der Waals surface area contributed by atoms with E-state index < -0.39 is 0 Å². The van der Waals surface area contributed by atoms with Gasteiger partial charge in [0.05, 0.1) is 0 Å². The summed E-state index contributed by atoms with van der Waals surface area (Å²) in [6.45, 7) is 9.44. The van der Waals surface area contributed by atoms with Crippen LogP contribution >= 0.6 is 0 Å². The molecule has 114 valence electrons. The van der Waals surface area contributed by atoms with Crippen molar-refractivity contribution in [3.8, 4) is 0 Å². The van der Waals surface area contributed by atoms with Gasteiger partial charge in [0.25, 0.3) is 0 Å². The Hall–Kier alpha value is -1.36. The monoisotopic (exact) mass is 280 g/mol.